The molecule has 0 aromatic heterocycles. The zero-order valence-electron chi connectivity index (χ0n) is 9.39. The minimum Gasteiger partial charge on any atom is -0.406 e. The van der Waals surface area contributed by atoms with Crippen LogP contribution in [0, 0.1) is 6.92 Å². The van der Waals surface area contributed by atoms with Gasteiger partial charge in [-0.15, -0.1) is 13.2 Å². The van der Waals surface area contributed by atoms with Crippen molar-refractivity contribution in [1.82, 2.24) is 0 Å². The fraction of sp³-hybridized carbons (Fsp3) is 0.364. The van der Waals surface area contributed by atoms with Crippen LogP contribution in [0.15, 0.2) is 12.1 Å². The normalized spacial score (nSPS) is 11.4. The van der Waals surface area contributed by atoms with Crippen LogP contribution < -0.4 is 10.5 Å². The van der Waals surface area contributed by atoms with Gasteiger partial charge in [0.05, 0.1) is 0 Å². The minimum absolute atomic E-state index is 0.252. The Bertz CT molecular complexity index is 441. The number of hydrogen-bond donors (Lipinski definition) is 1. The van der Waals surface area contributed by atoms with Crippen molar-refractivity contribution in [2.75, 3.05) is 0 Å². The highest BCUT2D eigenvalue weighted by Gasteiger charge is 2.31. The monoisotopic (exact) mass is 247 g/mol. The van der Waals surface area contributed by atoms with Gasteiger partial charge in [0, 0.05) is 5.56 Å². The molecule has 1 aromatic carbocycles. The van der Waals surface area contributed by atoms with Crippen molar-refractivity contribution in [2.45, 2.75) is 26.6 Å². The molecule has 0 atom stereocenters. The molecule has 0 bridgehead atoms. The molecule has 1 rings (SSSR count). The molecule has 0 saturated heterocycles. The van der Waals surface area contributed by atoms with Gasteiger partial charge in [0.15, 0.2) is 0 Å². The first-order chi connectivity index (χ1) is 7.74. The highest BCUT2D eigenvalue weighted by molar-refractivity contribution is 5.96. The van der Waals surface area contributed by atoms with Crippen molar-refractivity contribution in [3.63, 3.8) is 0 Å². The first-order valence-electron chi connectivity index (χ1n) is 4.93. The quantitative estimate of drug-likeness (QED) is 0.892. The van der Waals surface area contributed by atoms with E-state index in [1.54, 1.807) is 6.92 Å². The molecule has 0 aliphatic carbocycles. The predicted molar refractivity (Wildman–Crippen MR) is 55.8 cm³/mol. The lowest BCUT2D eigenvalue weighted by molar-refractivity contribution is -0.274. The molecular formula is C11H12F3NO2. The zero-order valence-corrected chi connectivity index (χ0v) is 9.39. The summed E-state index contributed by atoms with van der Waals surface area (Å²) in [4.78, 5) is 11.2. The molecule has 2 N–H and O–H groups in total. The van der Waals surface area contributed by atoms with E-state index in [4.69, 9.17) is 5.73 Å². The van der Waals surface area contributed by atoms with Crippen LogP contribution in [0.3, 0.4) is 0 Å². The summed E-state index contributed by atoms with van der Waals surface area (Å²) in [5.41, 5.74) is 6.23. The third kappa shape index (κ3) is 3.37. The van der Waals surface area contributed by atoms with E-state index in [9.17, 15) is 18.0 Å². The van der Waals surface area contributed by atoms with Crippen LogP contribution in [0.25, 0.3) is 0 Å². The molecule has 0 fully saturated rings. The highest BCUT2D eigenvalue weighted by Crippen LogP contribution is 2.27. The molecule has 1 aromatic rings. The van der Waals surface area contributed by atoms with Crippen molar-refractivity contribution in [3.8, 4) is 5.75 Å². The maximum atomic E-state index is 12.1. The van der Waals surface area contributed by atoms with Gasteiger partial charge in [-0.25, -0.2) is 0 Å². The lowest BCUT2D eigenvalue weighted by Gasteiger charge is -2.13. The molecule has 0 unspecified atom stereocenters. The van der Waals surface area contributed by atoms with Gasteiger partial charge >= 0.3 is 6.36 Å². The van der Waals surface area contributed by atoms with E-state index in [0.29, 0.717) is 17.5 Å². The number of primary amides is 1. The number of aryl methyl sites for hydroxylation is 2. The SMILES string of the molecule is CCc1cc(OC(F)(F)F)cc(C)c1C(N)=O. The van der Waals surface area contributed by atoms with Crippen molar-refractivity contribution >= 4 is 5.91 Å². The van der Waals surface area contributed by atoms with E-state index in [2.05, 4.69) is 4.74 Å². The number of amides is 1. The van der Waals surface area contributed by atoms with E-state index >= 15 is 0 Å². The van der Waals surface area contributed by atoms with Gasteiger partial charge in [0.1, 0.15) is 5.75 Å². The summed E-state index contributed by atoms with van der Waals surface area (Å²) in [6, 6.07) is 2.33. The molecule has 0 aliphatic rings. The number of rotatable bonds is 3. The average Bonchev–Trinajstić information content (AvgIpc) is 2.12. The summed E-state index contributed by atoms with van der Waals surface area (Å²) in [5, 5.41) is 0. The lowest BCUT2D eigenvalue weighted by atomic mass is 9.99. The van der Waals surface area contributed by atoms with E-state index in [0.717, 1.165) is 6.07 Å². The number of nitrogens with two attached hydrogens (primary N) is 1. The molecule has 0 spiro atoms. The van der Waals surface area contributed by atoms with Crippen LogP contribution in [-0.4, -0.2) is 12.3 Å². The van der Waals surface area contributed by atoms with Crippen LogP contribution in [0.1, 0.15) is 28.4 Å². The van der Waals surface area contributed by atoms with Crippen molar-refractivity contribution in [3.05, 3.63) is 28.8 Å². The van der Waals surface area contributed by atoms with Crippen molar-refractivity contribution < 1.29 is 22.7 Å². The first kappa shape index (κ1) is 13.3. The summed E-state index contributed by atoms with van der Waals surface area (Å²) in [6.45, 7) is 3.24. The summed E-state index contributed by atoms with van der Waals surface area (Å²) in [6.07, 6.45) is -4.35. The van der Waals surface area contributed by atoms with Gasteiger partial charge < -0.3 is 10.5 Å². The Balaban J connectivity index is 3.23. The van der Waals surface area contributed by atoms with Crippen LogP contribution in [0.4, 0.5) is 13.2 Å². The Labute approximate surface area is 96.4 Å². The van der Waals surface area contributed by atoms with Gasteiger partial charge in [-0.3, -0.25) is 4.79 Å². The Morgan fingerprint density at radius 2 is 2.00 bits per heavy atom. The van der Waals surface area contributed by atoms with Crippen LogP contribution in [-0.2, 0) is 6.42 Å². The van der Waals surface area contributed by atoms with E-state index < -0.39 is 12.3 Å². The maximum Gasteiger partial charge on any atom is 0.573 e. The number of hydrogen-bond acceptors (Lipinski definition) is 2. The van der Waals surface area contributed by atoms with Crippen LogP contribution in [0.2, 0.25) is 0 Å². The lowest BCUT2D eigenvalue weighted by Crippen LogP contribution is -2.19. The van der Waals surface area contributed by atoms with E-state index in [1.807, 2.05) is 0 Å². The second-order valence-corrected chi connectivity index (χ2v) is 3.54. The molecule has 94 valence electrons. The summed E-state index contributed by atoms with van der Waals surface area (Å²) < 4.78 is 40.0. The number of carbonyl (C=O) groups excluding carboxylic acids is 1. The first-order valence-corrected chi connectivity index (χ1v) is 4.93. The third-order valence-electron chi connectivity index (χ3n) is 2.25. The predicted octanol–water partition coefficient (Wildman–Crippen LogP) is 2.55. The molecule has 0 saturated carbocycles. The molecule has 6 heteroatoms. The smallest absolute Gasteiger partial charge is 0.406 e. The fourth-order valence-electron chi connectivity index (χ4n) is 1.65. The minimum atomic E-state index is -4.74. The Morgan fingerprint density at radius 3 is 2.41 bits per heavy atom. The summed E-state index contributed by atoms with van der Waals surface area (Å²) >= 11 is 0. The highest BCUT2D eigenvalue weighted by atomic mass is 19.4. The molecule has 0 radical (unpaired) electrons. The molecule has 3 nitrogen and oxygen atoms in total. The molecule has 1 amide bonds. The fourth-order valence-corrected chi connectivity index (χ4v) is 1.65. The second kappa shape index (κ2) is 4.65. The molecular weight excluding hydrogens is 235 g/mol. The summed E-state index contributed by atoms with van der Waals surface area (Å²) in [5.74, 6) is -0.991. The van der Waals surface area contributed by atoms with Gasteiger partial charge in [-0.1, -0.05) is 6.92 Å². The Morgan fingerprint density at radius 1 is 1.41 bits per heavy atom. The molecule has 0 aliphatic heterocycles. The Hall–Kier alpha value is -1.72. The zero-order chi connectivity index (χ0) is 13.2. The van der Waals surface area contributed by atoms with E-state index in [-0.39, 0.29) is 11.3 Å². The van der Waals surface area contributed by atoms with Crippen LogP contribution in [0.5, 0.6) is 5.75 Å². The van der Waals surface area contributed by atoms with Gasteiger partial charge in [-0.05, 0) is 36.6 Å². The van der Waals surface area contributed by atoms with Crippen molar-refractivity contribution in [2.24, 2.45) is 5.73 Å². The van der Waals surface area contributed by atoms with Gasteiger partial charge in [-0.2, -0.15) is 0 Å². The number of carbonyl (C=O) groups is 1. The molecule has 0 heterocycles. The maximum absolute atomic E-state index is 12.1. The van der Waals surface area contributed by atoms with Crippen LogP contribution >= 0.6 is 0 Å². The number of ether oxygens (including phenoxy) is 1. The second-order valence-electron chi connectivity index (χ2n) is 3.54. The number of benzene rings is 1. The Kier molecular flexibility index (Phi) is 3.65. The molecule has 17 heavy (non-hydrogen) atoms. The topological polar surface area (TPSA) is 52.3 Å². The van der Waals surface area contributed by atoms with E-state index in [1.165, 1.54) is 13.0 Å². The standard InChI is InChI=1S/C11H12F3NO2/c1-3-7-5-8(17-11(12,13)14)4-6(2)9(7)10(15)16/h4-5H,3H2,1-2H3,(H2,15,16). The van der Waals surface area contributed by atoms with Crippen molar-refractivity contribution in [1.29, 1.82) is 0 Å². The van der Waals surface area contributed by atoms with Gasteiger partial charge in [0.2, 0.25) is 5.91 Å². The number of halogens is 3. The summed E-state index contributed by atoms with van der Waals surface area (Å²) in [7, 11) is 0. The third-order valence-corrected chi connectivity index (χ3v) is 2.25. The largest absolute Gasteiger partial charge is 0.573 e. The van der Waals surface area contributed by atoms with Gasteiger partial charge in [0.25, 0.3) is 0 Å². The average molecular weight is 247 g/mol. The number of alkyl halides is 3.